The van der Waals surface area contributed by atoms with Crippen molar-refractivity contribution in [3.63, 3.8) is 0 Å². The molecule has 1 amide bonds. The summed E-state index contributed by atoms with van der Waals surface area (Å²) in [5.41, 5.74) is 2.79. The zero-order valence-electron chi connectivity index (χ0n) is 20.7. The van der Waals surface area contributed by atoms with E-state index in [1.54, 1.807) is 45.0 Å². The lowest BCUT2D eigenvalue weighted by Crippen LogP contribution is -2.50. The van der Waals surface area contributed by atoms with Gasteiger partial charge < -0.3 is 19.3 Å². The molecule has 0 saturated carbocycles. The lowest BCUT2D eigenvalue weighted by Gasteiger charge is -2.26. The van der Waals surface area contributed by atoms with Gasteiger partial charge in [-0.3, -0.25) is 15.0 Å². The van der Waals surface area contributed by atoms with Gasteiger partial charge in [-0.2, -0.15) is 0 Å². The predicted molar refractivity (Wildman–Crippen MR) is 130 cm³/mol. The molecule has 0 fully saturated rings. The molecule has 12 heteroatoms. The quantitative estimate of drug-likeness (QED) is 0.214. The number of halogens is 2. The summed E-state index contributed by atoms with van der Waals surface area (Å²) in [6, 6.07) is 10.7. The highest BCUT2D eigenvalue weighted by atomic mass is 35.5. The molecule has 37 heavy (non-hydrogen) atoms. The molecule has 0 aliphatic heterocycles. The molecule has 0 aromatic heterocycles. The monoisotopic (exact) mass is 538 g/mol. The van der Waals surface area contributed by atoms with Gasteiger partial charge in [-0.15, -0.1) is 0 Å². The molecule has 0 saturated heterocycles. The van der Waals surface area contributed by atoms with Gasteiger partial charge in [0.25, 0.3) is 0 Å². The second kappa shape index (κ2) is 13.1. The molecule has 200 valence electrons. The van der Waals surface area contributed by atoms with E-state index in [0.717, 1.165) is 11.9 Å². The van der Waals surface area contributed by atoms with Gasteiger partial charge in [0.15, 0.2) is 6.10 Å². The summed E-state index contributed by atoms with van der Waals surface area (Å²) in [6.07, 6.45) is -1.77. The molecule has 2 N–H and O–H groups in total. The largest absolute Gasteiger partial charge is 0.453 e. The Bertz CT molecular complexity index is 1130. The van der Waals surface area contributed by atoms with Crippen molar-refractivity contribution < 1.29 is 42.9 Å². The van der Waals surface area contributed by atoms with Crippen LogP contribution in [0.25, 0.3) is 11.1 Å². The minimum Gasteiger partial charge on any atom is -0.453 e. The molecule has 0 unspecified atom stereocenters. The maximum absolute atomic E-state index is 14.2. The van der Waals surface area contributed by atoms with Gasteiger partial charge in [0.1, 0.15) is 11.4 Å². The van der Waals surface area contributed by atoms with Crippen molar-refractivity contribution in [1.29, 1.82) is 0 Å². The SMILES string of the molecule is CC(=O)OCOC(=O)[C@H](O)CN(Cc1ccc(-c2cc(Cl)ccc2F)cc1)NC(=O)C(=O)OC(C)(C)C. The molecule has 0 heterocycles. The van der Waals surface area contributed by atoms with E-state index in [1.807, 2.05) is 0 Å². The average molecular weight is 539 g/mol. The third-order valence-electron chi connectivity index (χ3n) is 4.54. The minimum atomic E-state index is -1.77. The maximum Gasteiger partial charge on any atom is 0.398 e. The van der Waals surface area contributed by atoms with Gasteiger partial charge >= 0.3 is 23.8 Å². The zero-order valence-corrected chi connectivity index (χ0v) is 21.5. The number of nitrogens with one attached hydrogen (secondary N) is 1. The molecule has 2 aromatic carbocycles. The van der Waals surface area contributed by atoms with Gasteiger partial charge in [-0.1, -0.05) is 35.9 Å². The first kappa shape index (κ1) is 29.7. The number of aliphatic hydroxyl groups excluding tert-OH is 1. The number of hydrogen-bond acceptors (Lipinski definition) is 9. The fourth-order valence-electron chi connectivity index (χ4n) is 2.94. The van der Waals surface area contributed by atoms with Crippen molar-refractivity contribution in [3.05, 3.63) is 58.9 Å². The lowest BCUT2D eigenvalue weighted by molar-refractivity contribution is -0.173. The van der Waals surface area contributed by atoms with E-state index in [0.29, 0.717) is 21.7 Å². The smallest absolute Gasteiger partial charge is 0.398 e. The second-order valence-electron chi connectivity index (χ2n) is 8.88. The van der Waals surface area contributed by atoms with Crippen LogP contribution < -0.4 is 5.43 Å². The van der Waals surface area contributed by atoms with E-state index in [2.05, 4.69) is 14.9 Å². The number of carbonyl (C=O) groups excluding carboxylic acids is 4. The van der Waals surface area contributed by atoms with Crippen LogP contribution in [-0.4, -0.2) is 59.0 Å². The van der Waals surface area contributed by atoms with Crippen molar-refractivity contribution >= 4 is 35.4 Å². The Morgan fingerprint density at radius 2 is 1.73 bits per heavy atom. The van der Waals surface area contributed by atoms with E-state index in [4.69, 9.17) is 16.3 Å². The summed E-state index contributed by atoms with van der Waals surface area (Å²) in [5, 5.41) is 11.7. The highest BCUT2D eigenvalue weighted by molar-refractivity contribution is 6.32. The second-order valence-corrected chi connectivity index (χ2v) is 9.31. The van der Waals surface area contributed by atoms with E-state index >= 15 is 0 Å². The number of rotatable bonds is 9. The predicted octanol–water partition coefficient (Wildman–Crippen LogP) is 2.75. The first-order valence-electron chi connectivity index (χ1n) is 11.1. The van der Waals surface area contributed by atoms with Crippen LogP contribution in [0.2, 0.25) is 5.02 Å². The summed E-state index contributed by atoms with van der Waals surface area (Å²) >= 11 is 5.96. The number of nitrogens with zero attached hydrogens (tertiary/aromatic N) is 1. The van der Waals surface area contributed by atoms with Crippen molar-refractivity contribution in [2.45, 2.75) is 45.9 Å². The average Bonchev–Trinajstić information content (AvgIpc) is 2.79. The van der Waals surface area contributed by atoms with E-state index < -0.39 is 54.7 Å². The van der Waals surface area contributed by atoms with Gasteiger partial charge in [-0.25, -0.2) is 19.0 Å². The third-order valence-corrected chi connectivity index (χ3v) is 4.77. The standard InChI is InChI=1S/C25H28ClFN2O8/c1-15(30)35-14-36-23(33)21(31)13-29(28-22(32)24(34)37-25(2,3)4)12-16-5-7-17(8-6-16)19-11-18(26)9-10-20(19)27/h5-11,21,31H,12-14H2,1-4H3,(H,28,32)/t21-/m1/s1. The Kier molecular flexibility index (Phi) is 10.5. The molecule has 0 radical (unpaired) electrons. The van der Waals surface area contributed by atoms with Crippen LogP contribution in [0.5, 0.6) is 0 Å². The highest BCUT2D eigenvalue weighted by Crippen LogP contribution is 2.26. The first-order chi connectivity index (χ1) is 17.2. The van der Waals surface area contributed by atoms with Crippen LogP contribution in [0.1, 0.15) is 33.3 Å². The molecule has 1 atom stereocenters. The summed E-state index contributed by atoms with van der Waals surface area (Å²) in [6.45, 7) is 4.62. The van der Waals surface area contributed by atoms with Crippen LogP contribution >= 0.6 is 11.6 Å². The van der Waals surface area contributed by atoms with Crippen LogP contribution in [-0.2, 0) is 39.9 Å². The van der Waals surface area contributed by atoms with Crippen molar-refractivity contribution in [1.82, 2.24) is 10.4 Å². The lowest BCUT2D eigenvalue weighted by atomic mass is 10.0. The fraction of sp³-hybridized carbons (Fsp3) is 0.360. The fourth-order valence-corrected chi connectivity index (χ4v) is 3.11. The summed E-state index contributed by atoms with van der Waals surface area (Å²) in [5.74, 6) is -4.57. The summed E-state index contributed by atoms with van der Waals surface area (Å²) in [4.78, 5) is 47.4. The molecule has 2 rings (SSSR count). The Hall–Kier alpha value is -3.54. The van der Waals surface area contributed by atoms with Gasteiger partial charge in [0, 0.05) is 24.1 Å². The van der Waals surface area contributed by atoms with Gasteiger partial charge in [0.05, 0.1) is 6.54 Å². The first-order valence-corrected chi connectivity index (χ1v) is 11.4. The number of aliphatic hydroxyl groups is 1. The van der Waals surface area contributed by atoms with Crippen LogP contribution in [0.15, 0.2) is 42.5 Å². The number of esters is 3. The maximum atomic E-state index is 14.2. The molecular weight excluding hydrogens is 511 g/mol. The van der Waals surface area contributed by atoms with E-state index in [-0.39, 0.29) is 6.54 Å². The molecule has 0 spiro atoms. The number of ether oxygens (including phenoxy) is 3. The van der Waals surface area contributed by atoms with Crippen molar-refractivity contribution in [2.75, 3.05) is 13.3 Å². The van der Waals surface area contributed by atoms with Crippen LogP contribution in [0.3, 0.4) is 0 Å². The topological polar surface area (TPSA) is 131 Å². The minimum absolute atomic E-state index is 0.0683. The summed E-state index contributed by atoms with van der Waals surface area (Å²) < 4.78 is 28.4. The number of benzene rings is 2. The van der Waals surface area contributed by atoms with Crippen molar-refractivity contribution in [2.24, 2.45) is 0 Å². The molecule has 0 bridgehead atoms. The number of carbonyl (C=O) groups is 4. The number of hydrazine groups is 1. The highest BCUT2D eigenvalue weighted by Gasteiger charge is 2.27. The third kappa shape index (κ3) is 10.2. The number of hydrogen-bond donors (Lipinski definition) is 2. The van der Waals surface area contributed by atoms with E-state index in [9.17, 15) is 28.7 Å². The van der Waals surface area contributed by atoms with E-state index in [1.165, 1.54) is 18.2 Å². The molecular formula is C25H28ClFN2O8. The Morgan fingerprint density at radius 1 is 1.08 bits per heavy atom. The van der Waals surface area contributed by atoms with Crippen LogP contribution in [0, 0.1) is 5.82 Å². The Labute approximate surface area is 218 Å². The van der Waals surface area contributed by atoms with Crippen molar-refractivity contribution in [3.8, 4) is 11.1 Å². The Morgan fingerprint density at radius 3 is 2.32 bits per heavy atom. The van der Waals surface area contributed by atoms with Crippen LogP contribution in [0.4, 0.5) is 4.39 Å². The van der Waals surface area contributed by atoms with Gasteiger partial charge in [0.2, 0.25) is 6.79 Å². The normalized spacial score (nSPS) is 12.0. The Balaban J connectivity index is 2.17. The van der Waals surface area contributed by atoms with Gasteiger partial charge in [-0.05, 0) is 50.1 Å². The zero-order chi connectivity index (χ0) is 27.8. The number of amides is 1. The molecule has 10 nitrogen and oxygen atoms in total. The molecule has 0 aliphatic carbocycles. The summed E-state index contributed by atoms with van der Waals surface area (Å²) in [7, 11) is 0. The molecule has 2 aromatic rings. The molecule has 0 aliphatic rings.